The molecular formula is C30H22N4S. The van der Waals surface area contributed by atoms with Crippen LogP contribution in [0.3, 0.4) is 0 Å². The molecule has 6 aromatic rings. The number of anilines is 2. The van der Waals surface area contributed by atoms with Crippen molar-refractivity contribution >= 4 is 59.6 Å². The lowest BCUT2D eigenvalue weighted by atomic mass is 10.1. The average molecular weight is 471 g/mol. The zero-order chi connectivity index (χ0) is 23.6. The molecule has 0 saturated carbocycles. The van der Waals surface area contributed by atoms with Crippen LogP contribution in [-0.2, 0) is 0 Å². The first-order chi connectivity index (χ1) is 17.3. The topological polar surface area (TPSA) is 34.0 Å². The highest BCUT2D eigenvalue weighted by atomic mass is 32.1. The smallest absolute Gasteiger partial charge is 0.113 e. The summed E-state index contributed by atoms with van der Waals surface area (Å²) in [6.45, 7) is 4.12. The standard InChI is InChI=1S/C30H22N4S/c1-22(34-31-27-15-6-7-16-28(27)32-34)11-9-10-20-33(23-12-3-2-4-13-23)24-18-19-30-26(21-24)25-14-5-8-17-29(25)35-30/h2-21H,1H2/b11-9-,20-10+. The number of para-hydroxylation sites is 1. The fourth-order valence-corrected chi connectivity index (χ4v) is 5.22. The van der Waals surface area contributed by atoms with Gasteiger partial charge in [0.2, 0.25) is 0 Å². The first-order valence-corrected chi connectivity index (χ1v) is 12.2. The number of hydrogen-bond donors (Lipinski definition) is 0. The van der Waals surface area contributed by atoms with Crippen molar-refractivity contribution in [3.8, 4) is 0 Å². The molecule has 4 nitrogen and oxygen atoms in total. The van der Waals surface area contributed by atoms with E-state index in [4.69, 9.17) is 0 Å². The van der Waals surface area contributed by atoms with E-state index < -0.39 is 0 Å². The summed E-state index contributed by atoms with van der Waals surface area (Å²) in [5, 5.41) is 11.6. The number of nitrogens with zero attached hydrogens (tertiary/aromatic N) is 4. The second kappa shape index (κ2) is 9.05. The Kier molecular flexibility index (Phi) is 5.45. The van der Waals surface area contributed by atoms with Crippen molar-refractivity contribution < 1.29 is 0 Å². The molecule has 0 fully saturated rings. The van der Waals surface area contributed by atoms with Crippen LogP contribution in [0.4, 0.5) is 11.4 Å². The quantitative estimate of drug-likeness (QED) is 0.230. The number of thiophene rings is 1. The molecule has 5 heteroatoms. The Bertz CT molecular complexity index is 1690. The van der Waals surface area contributed by atoms with Crippen molar-refractivity contribution in [1.82, 2.24) is 15.0 Å². The van der Waals surface area contributed by atoms with Crippen molar-refractivity contribution in [2.24, 2.45) is 0 Å². The van der Waals surface area contributed by atoms with E-state index in [1.54, 1.807) is 4.80 Å². The molecule has 0 aliphatic carbocycles. The van der Waals surface area contributed by atoms with Gasteiger partial charge in [0, 0.05) is 37.7 Å². The van der Waals surface area contributed by atoms with Crippen LogP contribution in [0, 0.1) is 0 Å². The van der Waals surface area contributed by atoms with Crippen LogP contribution in [-0.4, -0.2) is 15.0 Å². The van der Waals surface area contributed by atoms with E-state index in [1.807, 2.05) is 59.9 Å². The third kappa shape index (κ3) is 4.14. The molecule has 35 heavy (non-hydrogen) atoms. The van der Waals surface area contributed by atoms with Crippen molar-refractivity contribution in [3.05, 3.63) is 128 Å². The SMILES string of the molecule is C=C(/C=C\C=C\N(c1ccccc1)c1ccc2sc3ccccc3c2c1)n1nc2ccccc2n1. The van der Waals surface area contributed by atoms with Gasteiger partial charge in [-0.2, -0.15) is 4.80 Å². The van der Waals surface area contributed by atoms with Crippen molar-refractivity contribution in [3.63, 3.8) is 0 Å². The summed E-state index contributed by atoms with van der Waals surface area (Å²) in [5.41, 5.74) is 4.60. The van der Waals surface area contributed by atoms with Crippen LogP contribution in [0.1, 0.15) is 0 Å². The maximum atomic E-state index is 4.49. The van der Waals surface area contributed by atoms with Gasteiger partial charge in [0.15, 0.2) is 0 Å². The Morgan fingerprint density at radius 1 is 0.714 bits per heavy atom. The molecule has 0 spiro atoms. The zero-order valence-electron chi connectivity index (χ0n) is 19.0. The van der Waals surface area contributed by atoms with E-state index in [9.17, 15) is 0 Å². The summed E-state index contributed by atoms with van der Waals surface area (Å²) in [7, 11) is 0. The molecule has 0 unspecified atom stereocenters. The minimum atomic E-state index is 0.697. The van der Waals surface area contributed by atoms with Gasteiger partial charge in [-0.15, -0.1) is 21.5 Å². The first kappa shape index (κ1) is 21.1. The highest BCUT2D eigenvalue weighted by Crippen LogP contribution is 2.37. The largest absolute Gasteiger partial charge is 0.317 e. The molecule has 0 atom stereocenters. The summed E-state index contributed by atoms with van der Waals surface area (Å²) in [6.07, 6.45) is 7.96. The second-order valence-electron chi connectivity index (χ2n) is 8.15. The Balaban J connectivity index is 1.31. The van der Waals surface area contributed by atoms with Crippen LogP contribution in [0.5, 0.6) is 0 Å². The lowest BCUT2D eigenvalue weighted by molar-refractivity contribution is 0.793. The Morgan fingerprint density at radius 3 is 2.20 bits per heavy atom. The van der Waals surface area contributed by atoms with E-state index in [0.29, 0.717) is 5.70 Å². The number of fused-ring (bicyclic) bond motifs is 4. The third-order valence-corrected chi connectivity index (χ3v) is 7.00. The Hall–Kier alpha value is -4.48. The normalized spacial score (nSPS) is 11.9. The number of benzene rings is 4. The summed E-state index contributed by atoms with van der Waals surface area (Å²) >= 11 is 1.83. The molecule has 0 saturated heterocycles. The van der Waals surface area contributed by atoms with Crippen LogP contribution in [0.2, 0.25) is 0 Å². The predicted octanol–water partition coefficient (Wildman–Crippen LogP) is 8.18. The van der Waals surface area contributed by atoms with E-state index >= 15 is 0 Å². The van der Waals surface area contributed by atoms with Crippen LogP contribution < -0.4 is 4.90 Å². The monoisotopic (exact) mass is 470 g/mol. The van der Waals surface area contributed by atoms with Gasteiger partial charge in [-0.05, 0) is 60.7 Å². The molecule has 168 valence electrons. The van der Waals surface area contributed by atoms with E-state index in [-0.39, 0.29) is 0 Å². The van der Waals surface area contributed by atoms with Gasteiger partial charge in [-0.25, -0.2) is 0 Å². The number of rotatable bonds is 6. The first-order valence-electron chi connectivity index (χ1n) is 11.4. The fraction of sp³-hybridized carbons (Fsp3) is 0. The molecule has 4 aromatic carbocycles. The molecule has 0 amide bonds. The molecule has 0 radical (unpaired) electrons. The summed E-state index contributed by atoms with van der Waals surface area (Å²) in [4.78, 5) is 3.76. The maximum Gasteiger partial charge on any atom is 0.113 e. The summed E-state index contributed by atoms with van der Waals surface area (Å²) in [6, 6.07) is 33.4. The van der Waals surface area contributed by atoms with Gasteiger partial charge in [0.1, 0.15) is 11.0 Å². The minimum Gasteiger partial charge on any atom is -0.317 e. The minimum absolute atomic E-state index is 0.697. The van der Waals surface area contributed by atoms with Crippen LogP contribution in [0.15, 0.2) is 128 Å². The van der Waals surface area contributed by atoms with Crippen LogP contribution in [0.25, 0.3) is 36.9 Å². The lowest BCUT2D eigenvalue weighted by Gasteiger charge is -2.21. The number of hydrogen-bond acceptors (Lipinski definition) is 4. The summed E-state index contributed by atoms with van der Waals surface area (Å²) in [5.74, 6) is 0. The maximum absolute atomic E-state index is 4.49. The van der Waals surface area contributed by atoms with Gasteiger partial charge in [-0.1, -0.05) is 61.2 Å². The second-order valence-corrected chi connectivity index (χ2v) is 9.24. The van der Waals surface area contributed by atoms with Gasteiger partial charge in [0.25, 0.3) is 0 Å². The highest BCUT2D eigenvalue weighted by Gasteiger charge is 2.10. The molecule has 0 bridgehead atoms. The van der Waals surface area contributed by atoms with Crippen molar-refractivity contribution in [2.75, 3.05) is 4.90 Å². The Morgan fingerprint density at radius 2 is 1.40 bits per heavy atom. The van der Waals surface area contributed by atoms with Gasteiger partial charge < -0.3 is 4.90 Å². The van der Waals surface area contributed by atoms with Gasteiger partial charge >= 0.3 is 0 Å². The van der Waals surface area contributed by atoms with Crippen LogP contribution >= 0.6 is 11.3 Å². The summed E-state index contributed by atoms with van der Waals surface area (Å²) < 4.78 is 2.60. The number of aromatic nitrogens is 3. The van der Waals surface area contributed by atoms with Gasteiger partial charge in [0.05, 0.1) is 5.70 Å². The fourth-order valence-electron chi connectivity index (χ4n) is 4.13. The molecule has 2 aromatic heterocycles. The van der Waals surface area contributed by atoms with Crippen molar-refractivity contribution in [1.29, 1.82) is 0 Å². The molecular weight excluding hydrogens is 448 g/mol. The Labute approximate surface area is 207 Å². The zero-order valence-corrected chi connectivity index (χ0v) is 19.8. The van der Waals surface area contributed by atoms with E-state index in [0.717, 1.165) is 22.4 Å². The van der Waals surface area contributed by atoms with E-state index in [1.165, 1.54) is 20.2 Å². The van der Waals surface area contributed by atoms with Crippen molar-refractivity contribution in [2.45, 2.75) is 0 Å². The molecule has 0 N–H and O–H groups in total. The van der Waals surface area contributed by atoms with Gasteiger partial charge in [-0.3, -0.25) is 0 Å². The van der Waals surface area contributed by atoms with E-state index in [2.05, 4.69) is 94.6 Å². The third-order valence-electron chi connectivity index (χ3n) is 5.85. The molecule has 2 heterocycles. The lowest BCUT2D eigenvalue weighted by Crippen LogP contribution is -2.07. The molecule has 0 aliphatic heterocycles. The highest BCUT2D eigenvalue weighted by molar-refractivity contribution is 7.25. The molecule has 6 rings (SSSR count). The average Bonchev–Trinajstić information content (AvgIpc) is 3.50. The number of allylic oxidation sites excluding steroid dienone is 4. The molecule has 0 aliphatic rings. The predicted molar refractivity (Wildman–Crippen MR) is 149 cm³/mol.